The molecule has 0 saturated carbocycles. The zero-order valence-electron chi connectivity index (χ0n) is 12.2. The Labute approximate surface area is 113 Å². The molecule has 2 nitrogen and oxygen atoms in total. The van der Waals surface area contributed by atoms with E-state index >= 15 is 0 Å². The number of carbonyl (C=O) groups excluding carboxylic acids is 1. The molecule has 0 rings (SSSR count). The van der Waals surface area contributed by atoms with Crippen LogP contribution < -0.4 is 0 Å². The van der Waals surface area contributed by atoms with Gasteiger partial charge in [-0.05, 0) is 0 Å². The average molecular weight is 438 g/mol. The van der Waals surface area contributed by atoms with Gasteiger partial charge in [0.15, 0.2) is 0 Å². The summed E-state index contributed by atoms with van der Waals surface area (Å²) in [6.45, 7) is 8.80. The number of unbranched alkanes of at least 4 members (excludes halogenated alkanes) is 4. The summed E-state index contributed by atoms with van der Waals surface area (Å²) in [5.41, 5.74) is 0. The SMILES string of the molecule is CCCCCCCC(=O)[O][Pb]([CH2]C)([CH2]C)[CH2]C. The molecule has 0 bridgehead atoms. The molecule has 3 heteroatoms. The summed E-state index contributed by atoms with van der Waals surface area (Å²) in [6, 6.07) is 0. The number of hydrogen-bond donors (Lipinski definition) is 0. The molecule has 17 heavy (non-hydrogen) atoms. The van der Waals surface area contributed by atoms with Gasteiger partial charge in [-0.1, -0.05) is 0 Å². The molecule has 0 saturated heterocycles. The van der Waals surface area contributed by atoms with E-state index in [0.717, 1.165) is 18.4 Å². The van der Waals surface area contributed by atoms with Gasteiger partial charge in [-0.3, -0.25) is 0 Å². The van der Waals surface area contributed by atoms with E-state index in [0.29, 0.717) is 6.42 Å². The van der Waals surface area contributed by atoms with Gasteiger partial charge in [-0.2, -0.15) is 0 Å². The molecule has 0 spiro atoms. The molecule has 0 aromatic heterocycles. The van der Waals surface area contributed by atoms with Crippen LogP contribution >= 0.6 is 0 Å². The van der Waals surface area contributed by atoms with Crippen LogP contribution in [0.1, 0.15) is 66.2 Å². The van der Waals surface area contributed by atoms with E-state index in [1.807, 2.05) is 0 Å². The summed E-state index contributed by atoms with van der Waals surface area (Å²) in [5, 5.41) is 0. The Morgan fingerprint density at radius 3 is 1.88 bits per heavy atom. The molecule has 0 aromatic rings. The van der Waals surface area contributed by atoms with Crippen LogP contribution in [0.4, 0.5) is 0 Å². The van der Waals surface area contributed by atoms with Gasteiger partial charge in [0.1, 0.15) is 0 Å². The summed E-state index contributed by atoms with van der Waals surface area (Å²) in [6.07, 6.45) is 6.64. The predicted octanol–water partition coefficient (Wildman–Crippen LogP) is 4.90. The van der Waals surface area contributed by atoms with Gasteiger partial charge < -0.3 is 0 Å². The molecule has 102 valence electrons. The predicted molar refractivity (Wildman–Crippen MR) is 76.7 cm³/mol. The maximum atomic E-state index is 11.8. The first kappa shape index (κ1) is 17.4. The molecule has 0 aliphatic carbocycles. The van der Waals surface area contributed by atoms with Crippen molar-refractivity contribution in [3.8, 4) is 0 Å². The first-order valence-corrected chi connectivity index (χ1v) is 17.2. The Kier molecular flexibility index (Phi) is 10.6. The van der Waals surface area contributed by atoms with Crippen molar-refractivity contribution >= 4 is 27.6 Å². The van der Waals surface area contributed by atoms with Crippen LogP contribution in [0.5, 0.6) is 0 Å². The second-order valence-electron chi connectivity index (χ2n) is 4.88. The monoisotopic (exact) mass is 438 g/mol. The molecule has 0 fully saturated rings. The second kappa shape index (κ2) is 10.3. The van der Waals surface area contributed by atoms with E-state index < -0.39 is 21.6 Å². The summed E-state index contributed by atoms with van der Waals surface area (Å²) in [4.78, 5) is 11.8. The van der Waals surface area contributed by atoms with Gasteiger partial charge in [-0.15, -0.1) is 0 Å². The Bertz CT molecular complexity index is 192. The fourth-order valence-corrected chi connectivity index (χ4v) is 11.9. The normalized spacial score (nSPS) is 11.5. The quantitative estimate of drug-likeness (QED) is 0.359. The van der Waals surface area contributed by atoms with E-state index in [1.54, 1.807) is 0 Å². The van der Waals surface area contributed by atoms with Crippen molar-refractivity contribution in [3.05, 3.63) is 0 Å². The van der Waals surface area contributed by atoms with E-state index in [4.69, 9.17) is 2.69 Å². The Hall–Kier alpha value is 0.392. The Morgan fingerprint density at radius 2 is 1.41 bits per heavy atom. The Balaban J connectivity index is 3.83. The van der Waals surface area contributed by atoms with Crippen molar-refractivity contribution in [2.24, 2.45) is 0 Å². The van der Waals surface area contributed by atoms with E-state index in [-0.39, 0.29) is 5.97 Å². The molecule has 0 aliphatic rings. The number of rotatable bonds is 10. The maximum absolute atomic E-state index is 11.8. The first-order valence-electron chi connectivity index (χ1n) is 7.36. The molecule has 0 aromatic carbocycles. The minimum atomic E-state index is -2.60. The van der Waals surface area contributed by atoms with Gasteiger partial charge >= 0.3 is 113 Å². The zero-order chi connectivity index (χ0) is 13.1. The van der Waals surface area contributed by atoms with Crippen LogP contribution in [-0.2, 0) is 7.48 Å². The molecule has 0 heterocycles. The van der Waals surface area contributed by atoms with Crippen LogP contribution in [0.2, 0.25) is 11.9 Å². The third-order valence-corrected chi connectivity index (χ3v) is 21.3. The van der Waals surface area contributed by atoms with Crippen molar-refractivity contribution in [3.63, 3.8) is 0 Å². The van der Waals surface area contributed by atoms with Crippen LogP contribution in [0.3, 0.4) is 0 Å². The van der Waals surface area contributed by atoms with Gasteiger partial charge in [-0.25, -0.2) is 0 Å². The Morgan fingerprint density at radius 1 is 0.882 bits per heavy atom. The van der Waals surface area contributed by atoms with Crippen molar-refractivity contribution in [1.82, 2.24) is 0 Å². The van der Waals surface area contributed by atoms with E-state index in [9.17, 15) is 4.79 Å². The molecule has 0 aliphatic heterocycles. The third-order valence-electron chi connectivity index (χ3n) is 3.75. The van der Waals surface area contributed by atoms with Gasteiger partial charge in [0.2, 0.25) is 0 Å². The molecule has 0 amide bonds. The fourth-order valence-electron chi connectivity index (χ4n) is 2.13. The van der Waals surface area contributed by atoms with Crippen LogP contribution in [0.25, 0.3) is 0 Å². The number of carbonyl (C=O) groups is 1. The van der Waals surface area contributed by atoms with Crippen LogP contribution in [0.15, 0.2) is 0 Å². The standard InChI is InChI=1S/C8H16O2.3C2H5.Pb/c1-2-3-4-5-6-7-8(9)10;3*1-2;/h2-7H2,1H3,(H,9,10);3*1H2,2H3;/q;;;;+1/p-1. The molecular weight excluding hydrogens is 407 g/mol. The third kappa shape index (κ3) is 7.42. The van der Waals surface area contributed by atoms with Crippen LogP contribution in [-0.4, -0.2) is 27.6 Å². The average Bonchev–Trinajstić information content (AvgIpc) is 2.36. The number of hydrogen-bond acceptors (Lipinski definition) is 2. The van der Waals surface area contributed by atoms with E-state index in [1.165, 1.54) is 25.7 Å². The first-order chi connectivity index (χ1) is 8.14. The minimum absolute atomic E-state index is 0.0914. The van der Waals surface area contributed by atoms with Crippen molar-refractivity contribution in [2.75, 3.05) is 0 Å². The topological polar surface area (TPSA) is 26.3 Å². The summed E-state index contributed by atoms with van der Waals surface area (Å²) < 4.78 is 9.30. The summed E-state index contributed by atoms with van der Waals surface area (Å²) in [7, 11) is 0. The molecule has 0 radical (unpaired) electrons. The van der Waals surface area contributed by atoms with Gasteiger partial charge in [0, 0.05) is 0 Å². The van der Waals surface area contributed by atoms with Gasteiger partial charge in [0.05, 0.1) is 0 Å². The fraction of sp³-hybridized carbons (Fsp3) is 0.929. The van der Waals surface area contributed by atoms with Crippen molar-refractivity contribution in [2.45, 2.75) is 78.2 Å². The van der Waals surface area contributed by atoms with Gasteiger partial charge in [0.25, 0.3) is 0 Å². The van der Waals surface area contributed by atoms with Crippen molar-refractivity contribution < 1.29 is 7.48 Å². The van der Waals surface area contributed by atoms with Crippen LogP contribution in [0, 0.1) is 0 Å². The molecule has 0 atom stereocenters. The van der Waals surface area contributed by atoms with Crippen molar-refractivity contribution in [1.29, 1.82) is 0 Å². The van der Waals surface area contributed by atoms with E-state index in [2.05, 4.69) is 27.7 Å². The zero-order valence-corrected chi connectivity index (χ0v) is 16.1. The second-order valence-corrected chi connectivity index (χ2v) is 23.1. The molecule has 0 unspecified atom stereocenters. The molecule has 0 N–H and O–H groups in total. The summed E-state index contributed by atoms with van der Waals surface area (Å²) >= 11 is -2.60. The molecular formula is C14H30O2Pb. The summed E-state index contributed by atoms with van der Waals surface area (Å²) in [5.74, 6) is 0.0914.